The molecule has 1 aliphatic carbocycles. The zero-order chi connectivity index (χ0) is 20.5. The third kappa shape index (κ3) is 3.66. The molecule has 154 valence electrons. The Hall–Kier alpha value is -3.03. The van der Waals surface area contributed by atoms with Crippen LogP contribution in [0.4, 0.5) is 5.69 Å². The first-order valence-corrected chi connectivity index (χ1v) is 9.86. The number of ether oxygens (including phenoxy) is 2. The fraction of sp³-hybridized carbons (Fsp3) is 0.476. The van der Waals surface area contributed by atoms with Crippen LogP contribution >= 0.6 is 0 Å². The fourth-order valence-corrected chi connectivity index (χ4v) is 4.45. The first-order valence-electron chi connectivity index (χ1n) is 9.86. The molecule has 1 aromatic carbocycles. The highest BCUT2D eigenvalue weighted by atomic mass is 16.5. The quantitative estimate of drug-likeness (QED) is 0.837. The van der Waals surface area contributed by atoms with Crippen LogP contribution in [-0.4, -0.2) is 53.1 Å². The van der Waals surface area contributed by atoms with Crippen molar-refractivity contribution in [3.05, 3.63) is 35.9 Å². The van der Waals surface area contributed by atoms with E-state index in [0.29, 0.717) is 34.7 Å². The summed E-state index contributed by atoms with van der Waals surface area (Å²) in [6, 6.07) is 3.65. The second-order valence-corrected chi connectivity index (χ2v) is 7.78. The molecule has 0 spiro atoms. The Morgan fingerprint density at radius 2 is 2.03 bits per heavy atom. The largest absolute Gasteiger partial charge is 0.493 e. The molecule has 1 aliphatic heterocycles. The summed E-state index contributed by atoms with van der Waals surface area (Å²) in [7, 11) is 4.80. The van der Waals surface area contributed by atoms with E-state index in [2.05, 4.69) is 10.3 Å². The van der Waals surface area contributed by atoms with Crippen molar-refractivity contribution in [1.29, 1.82) is 0 Å². The van der Waals surface area contributed by atoms with Gasteiger partial charge in [0.15, 0.2) is 11.5 Å². The van der Waals surface area contributed by atoms with Gasteiger partial charge in [0.25, 0.3) is 11.8 Å². The van der Waals surface area contributed by atoms with E-state index in [4.69, 9.17) is 9.47 Å². The molecular weight excluding hydrogens is 372 g/mol. The van der Waals surface area contributed by atoms with E-state index in [-0.39, 0.29) is 17.5 Å². The molecule has 29 heavy (non-hydrogen) atoms. The lowest BCUT2D eigenvalue weighted by atomic mass is 9.90. The van der Waals surface area contributed by atoms with Crippen molar-refractivity contribution in [1.82, 2.24) is 14.5 Å². The first kappa shape index (κ1) is 19.3. The zero-order valence-electron chi connectivity index (χ0n) is 17.0. The van der Waals surface area contributed by atoms with E-state index in [1.165, 1.54) is 27.1 Å². The molecule has 0 unspecified atom stereocenters. The molecule has 1 N–H and O–H groups in total. The number of hydrogen-bond donors (Lipinski definition) is 1. The molecule has 2 atom stereocenters. The molecule has 2 aliphatic rings. The molecule has 2 bridgehead atoms. The topological polar surface area (TPSA) is 85.7 Å². The number of benzene rings is 1. The van der Waals surface area contributed by atoms with Gasteiger partial charge in [-0.25, -0.2) is 4.98 Å². The summed E-state index contributed by atoms with van der Waals surface area (Å²) in [6.45, 7) is 0.799. The van der Waals surface area contributed by atoms with Crippen LogP contribution in [0, 0.1) is 5.92 Å². The van der Waals surface area contributed by atoms with E-state index < -0.39 is 0 Å². The van der Waals surface area contributed by atoms with Crippen LogP contribution in [0.1, 0.15) is 46.5 Å². The number of methoxy groups -OCH3 is 2. The molecule has 2 heterocycles. The SMILES string of the molecule is COc1cc(C(=O)N2C[C@@H]3CCC[C@H]2C3)cc(NC(=O)c2cn(C)cn2)c1OC. The second kappa shape index (κ2) is 7.77. The number of fused-ring (bicyclic) bond motifs is 2. The number of nitrogens with one attached hydrogen (secondary N) is 1. The Morgan fingerprint density at radius 1 is 1.21 bits per heavy atom. The minimum Gasteiger partial charge on any atom is -0.493 e. The summed E-state index contributed by atoms with van der Waals surface area (Å²) in [5, 5.41) is 2.81. The maximum atomic E-state index is 13.3. The molecule has 8 nitrogen and oxygen atoms in total. The third-order valence-corrected chi connectivity index (χ3v) is 5.82. The number of nitrogens with zero attached hydrogens (tertiary/aromatic N) is 3. The number of aromatic nitrogens is 2. The smallest absolute Gasteiger partial charge is 0.275 e. The molecule has 1 saturated heterocycles. The Labute approximate surface area is 169 Å². The number of anilines is 1. The molecule has 2 aromatic rings. The van der Waals surface area contributed by atoms with Crippen molar-refractivity contribution in [2.45, 2.75) is 31.7 Å². The standard InChI is InChI=1S/C21H26N4O4/c1-24-11-17(22-12-24)20(26)23-16-8-14(9-18(28-2)19(16)29-3)21(27)25-10-13-5-4-6-15(25)7-13/h8-9,11-13,15H,4-7,10H2,1-3H3,(H,23,26)/t13-,15+/m1/s1. The summed E-state index contributed by atoms with van der Waals surface area (Å²) in [5.41, 5.74) is 1.14. The van der Waals surface area contributed by atoms with Crippen molar-refractivity contribution in [3.8, 4) is 11.5 Å². The summed E-state index contributed by atoms with van der Waals surface area (Å²) >= 11 is 0. The maximum Gasteiger partial charge on any atom is 0.275 e. The Kier molecular flexibility index (Phi) is 5.17. The van der Waals surface area contributed by atoms with E-state index in [1.54, 1.807) is 36.3 Å². The molecule has 8 heteroatoms. The summed E-state index contributed by atoms with van der Waals surface area (Å²) in [5.74, 6) is 0.952. The number of carbonyl (C=O) groups excluding carboxylic acids is 2. The van der Waals surface area contributed by atoms with Gasteiger partial charge < -0.3 is 24.3 Å². The highest BCUT2D eigenvalue weighted by Gasteiger charge is 2.38. The highest BCUT2D eigenvalue weighted by molar-refractivity contribution is 6.05. The van der Waals surface area contributed by atoms with Gasteiger partial charge >= 0.3 is 0 Å². The van der Waals surface area contributed by atoms with Gasteiger partial charge in [-0.1, -0.05) is 6.42 Å². The average molecular weight is 398 g/mol. The monoisotopic (exact) mass is 398 g/mol. The number of carbonyl (C=O) groups is 2. The van der Waals surface area contributed by atoms with Crippen LogP contribution in [0.5, 0.6) is 11.5 Å². The molecule has 4 rings (SSSR count). The van der Waals surface area contributed by atoms with Gasteiger partial charge in [0, 0.05) is 31.4 Å². The highest BCUT2D eigenvalue weighted by Crippen LogP contribution is 2.40. The molecule has 0 radical (unpaired) electrons. The van der Waals surface area contributed by atoms with Crippen LogP contribution in [0.2, 0.25) is 0 Å². The number of amides is 2. The van der Waals surface area contributed by atoms with Crippen LogP contribution in [-0.2, 0) is 7.05 Å². The average Bonchev–Trinajstić information content (AvgIpc) is 3.29. The first-order chi connectivity index (χ1) is 14.0. The molecule has 2 fully saturated rings. The number of imidazole rings is 1. The van der Waals surface area contributed by atoms with Gasteiger partial charge in [-0.2, -0.15) is 0 Å². The van der Waals surface area contributed by atoms with Crippen molar-refractivity contribution in [2.75, 3.05) is 26.1 Å². The van der Waals surface area contributed by atoms with E-state index >= 15 is 0 Å². The van der Waals surface area contributed by atoms with E-state index in [0.717, 1.165) is 19.4 Å². The summed E-state index contributed by atoms with van der Waals surface area (Å²) in [4.78, 5) is 31.9. The number of likely N-dealkylation sites (tertiary alicyclic amines) is 1. The second-order valence-electron chi connectivity index (χ2n) is 7.78. The lowest BCUT2D eigenvalue weighted by Crippen LogP contribution is -2.35. The Morgan fingerprint density at radius 3 is 2.69 bits per heavy atom. The van der Waals surface area contributed by atoms with Gasteiger partial charge in [-0.15, -0.1) is 0 Å². The van der Waals surface area contributed by atoms with Crippen LogP contribution in [0.25, 0.3) is 0 Å². The Bertz CT molecular complexity index is 939. The van der Waals surface area contributed by atoms with Crippen LogP contribution in [0.15, 0.2) is 24.7 Å². The van der Waals surface area contributed by atoms with Gasteiger partial charge in [-0.3, -0.25) is 9.59 Å². The molecule has 1 aromatic heterocycles. The van der Waals surface area contributed by atoms with Crippen LogP contribution in [0.3, 0.4) is 0 Å². The predicted molar refractivity (Wildman–Crippen MR) is 107 cm³/mol. The summed E-state index contributed by atoms with van der Waals surface area (Å²) < 4.78 is 12.6. The van der Waals surface area contributed by atoms with Crippen molar-refractivity contribution in [3.63, 3.8) is 0 Å². The predicted octanol–water partition coefficient (Wildman–Crippen LogP) is 2.70. The van der Waals surface area contributed by atoms with Gasteiger partial charge in [-0.05, 0) is 37.3 Å². The minimum absolute atomic E-state index is 0.0336. The normalized spacial score (nSPS) is 20.4. The fourth-order valence-electron chi connectivity index (χ4n) is 4.45. The number of hydrogen-bond acceptors (Lipinski definition) is 5. The van der Waals surface area contributed by atoms with Crippen molar-refractivity contribution in [2.24, 2.45) is 13.0 Å². The zero-order valence-corrected chi connectivity index (χ0v) is 17.0. The molecule has 2 amide bonds. The van der Waals surface area contributed by atoms with Gasteiger partial charge in [0.2, 0.25) is 0 Å². The summed E-state index contributed by atoms with van der Waals surface area (Å²) in [6.07, 6.45) is 7.69. The van der Waals surface area contributed by atoms with Crippen molar-refractivity contribution < 1.29 is 19.1 Å². The molecule has 1 saturated carbocycles. The molecular formula is C21H26N4O4. The van der Waals surface area contributed by atoms with Crippen molar-refractivity contribution >= 4 is 17.5 Å². The van der Waals surface area contributed by atoms with Gasteiger partial charge in [0.05, 0.1) is 26.2 Å². The number of aryl methyl sites for hydroxylation is 1. The van der Waals surface area contributed by atoms with Crippen LogP contribution < -0.4 is 14.8 Å². The Balaban J connectivity index is 1.65. The maximum absolute atomic E-state index is 13.3. The lowest BCUT2D eigenvalue weighted by molar-refractivity contribution is 0.0732. The van der Waals surface area contributed by atoms with E-state index in [9.17, 15) is 9.59 Å². The van der Waals surface area contributed by atoms with Gasteiger partial charge in [0.1, 0.15) is 5.69 Å². The lowest BCUT2D eigenvalue weighted by Gasteiger charge is -2.25. The van der Waals surface area contributed by atoms with E-state index in [1.807, 2.05) is 4.90 Å². The number of rotatable bonds is 5. The third-order valence-electron chi connectivity index (χ3n) is 5.82. The minimum atomic E-state index is -0.382.